The van der Waals surface area contributed by atoms with Crippen LogP contribution in [0.1, 0.15) is 47.8 Å². The molecule has 0 bridgehead atoms. The molecule has 1 aliphatic rings. The van der Waals surface area contributed by atoms with Crippen molar-refractivity contribution in [2.75, 3.05) is 10.6 Å². The first-order valence-electron chi connectivity index (χ1n) is 10.7. The van der Waals surface area contributed by atoms with Gasteiger partial charge in [0.25, 0.3) is 0 Å². The van der Waals surface area contributed by atoms with E-state index in [1.54, 1.807) is 0 Å². The van der Waals surface area contributed by atoms with E-state index in [1.165, 1.54) is 29.6 Å². The Kier molecular flexibility index (Phi) is 6.09. The first kappa shape index (κ1) is 21.6. The van der Waals surface area contributed by atoms with Gasteiger partial charge in [-0.25, -0.2) is 4.98 Å². The summed E-state index contributed by atoms with van der Waals surface area (Å²) >= 11 is 2.86. The number of carbonyl (C=O) groups excluding carboxylic acids is 2. The number of aromatic nitrogens is 6. The molecule has 170 valence electrons. The summed E-state index contributed by atoms with van der Waals surface area (Å²) in [5.41, 5.74) is 1.52. The number of nitrogens with one attached hydrogen (secondary N) is 2. The van der Waals surface area contributed by atoms with Crippen LogP contribution in [0.3, 0.4) is 0 Å². The summed E-state index contributed by atoms with van der Waals surface area (Å²) in [6.45, 7) is 1.46. The molecule has 4 heterocycles. The van der Waals surface area contributed by atoms with Crippen molar-refractivity contribution in [2.45, 2.75) is 44.9 Å². The normalized spacial score (nSPS) is 18.0. The average Bonchev–Trinajstić information content (AvgIpc) is 3.55. The highest BCUT2D eigenvalue weighted by molar-refractivity contribution is 7.15. The molecule has 0 radical (unpaired) electrons. The van der Waals surface area contributed by atoms with Gasteiger partial charge in [0, 0.05) is 31.7 Å². The summed E-state index contributed by atoms with van der Waals surface area (Å²) in [4.78, 5) is 28.1. The van der Waals surface area contributed by atoms with Crippen molar-refractivity contribution >= 4 is 50.4 Å². The molecule has 4 aromatic heterocycles. The van der Waals surface area contributed by atoms with Gasteiger partial charge in [-0.3, -0.25) is 9.59 Å². The maximum Gasteiger partial charge on any atom is 0.232 e. The van der Waals surface area contributed by atoms with Crippen molar-refractivity contribution in [3.8, 4) is 0 Å². The molecule has 2 amide bonds. The van der Waals surface area contributed by atoms with Crippen molar-refractivity contribution in [2.24, 2.45) is 5.92 Å². The van der Waals surface area contributed by atoms with Crippen LogP contribution < -0.4 is 10.6 Å². The maximum atomic E-state index is 12.4. The smallest absolute Gasteiger partial charge is 0.232 e. The zero-order valence-electron chi connectivity index (χ0n) is 17.9. The van der Waals surface area contributed by atoms with E-state index in [9.17, 15) is 9.59 Å². The minimum Gasteiger partial charge on any atom is -0.307 e. The number of imidazole rings is 1. The lowest BCUT2D eigenvalue weighted by Gasteiger charge is -2.06. The maximum absolute atomic E-state index is 12.4. The van der Waals surface area contributed by atoms with Crippen LogP contribution in [0.4, 0.5) is 10.3 Å². The fraction of sp³-hybridized carbons (Fsp3) is 0.381. The molecular weight excluding hydrogens is 460 g/mol. The van der Waals surface area contributed by atoms with Crippen LogP contribution in [0.25, 0.3) is 5.65 Å². The monoisotopic (exact) mass is 482 g/mol. The van der Waals surface area contributed by atoms with Crippen LogP contribution >= 0.6 is 22.7 Å². The third-order valence-corrected chi connectivity index (χ3v) is 7.41. The Hall–Kier alpha value is -3.25. The highest BCUT2D eigenvalue weighted by atomic mass is 32.1. The van der Waals surface area contributed by atoms with Gasteiger partial charge < -0.3 is 15.0 Å². The highest BCUT2D eigenvalue weighted by Crippen LogP contribution is 2.41. The Balaban J connectivity index is 1.13. The summed E-state index contributed by atoms with van der Waals surface area (Å²) in [5.74, 6) is 0.540. The fourth-order valence-electron chi connectivity index (χ4n) is 4.12. The summed E-state index contributed by atoms with van der Waals surface area (Å²) in [6, 6.07) is 5.74. The van der Waals surface area contributed by atoms with Gasteiger partial charge in [0.2, 0.25) is 22.1 Å². The van der Waals surface area contributed by atoms with Crippen LogP contribution in [0.2, 0.25) is 0 Å². The van der Waals surface area contributed by atoms with E-state index in [2.05, 4.69) is 36.0 Å². The third kappa shape index (κ3) is 5.22. The molecule has 1 fully saturated rings. The fourth-order valence-corrected chi connectivity index (χ4v) is 5.93. The van der Waals surface area contributed by atoms with E-state index >= 15 is 0 Å². The topological polar surface area (TPSA) is 127 Å². The Morgan fingerprint density at radius 1 is 1.09 bits per heavy atom. The van der Waals surface area contributed by atoms with E-state index in [0.29, 0.717) is 27.8 Å². The molecule has 2 N–H and O–H groups in total. The number of amides is 2. The van der Waals surface area contributed by atoms with Crippen LogP contribution in [0.15, 0.2) is 30.6 Å². The van der Waals surface area contributed by atoms with Gasteiger partial charge >= 0.3 is 0 Å². The van der Waals surface area contributed by atoms with E-state index < -0.39 is 0 Å². The second kappa shape index (κ2) is 9.32. The Bertz CT molecular complexity index is 1260. The molecule has 1 saturated carbocycles. The van der Waals surface area contributed by atoms with Gasteiger partial charge in [-0.05, 0) is 37.3 Å². The number of nitrogens with zero attached hydrogens (tertiary/aromatic N) is 6. The number of rotatable bonds is 7. The second-order valence-corrected chi connectivity index (χ2v) is 10.2. The number of pyridine rings is 1. The van der Waals surface area contributed by atoms with E-state index in [-0.39, 0.29) is 18.2 Å². The summed E-state index contributed by atoms with van der Waals surface area (Å²) < 4.78 is 1.89. The lowest BCUT2D eigenvalue weighted by Crippen LogP contribution is -2.14. The third-order valence-electron chi connectivity index (χ3n) is 5.55. The lowest BCUT2D eigenvalue weighted by molar-refractivity contribution is -0.116. The zero-order chi connectivity index (χ0) is 22.8. The predicted molar refractivity (Wildman–Crippen MR) is 125 cm³/mol. The molecule has 0 aliphatic heterocycles. The molecule has 4 aromatic rings. The van der Waals surface area contributed by atoms with Crippen LogP contribution in [0.5, 0.6) is 0 Å². The molecule has 10 nitrogen and oxygen atoms in total. The van der Waals surface area contributed by atoms with Gasteiger partial charge in [-0.1, -0.05) is 28.7 Å². The van der Waals surface area contributed by atoms with Crippen molar-refractivity contribution in [1.29, 1.82) is 0 Å². The predicted octanol–water partition coefficient (Wildman–Crippen LogP) is 3.30. The average molecular weight is 483 g/mol. The Labute approximate surface area is 197 Å². The molecule has 0 aromatic carbocycles. The molecule has 5 rings (SSSR count). The summed E-state index contributed by atoms with van der Waals surface area (Å²) in [5, 5.41) is 25.2. The molecule has 33 heavy (non-hydrogen) atoms. The molecule has 12 heteroatoms. The highest BCUT2D eigenvalue weighted by Gasteiger charge is 2.29. The Morgan fingerprint density at radius 2 is 1.94 bits per heavy atom. The first-order chi connectivity index (χ1) is 16.0. The van der Waals surface area contributed by atoms with Gasteiger partial charge in [0.15, 0.2) is 0 Å². The van der Waals surface area contributed by atoms with Gasteiger partial charge in [0.05, 0.1) is 12.1 Å². The summed E-state index contributed by atoms with van der Waals surface area (Å²) in [6.07, 6.45) is 7.89. The molecule has 0 unspecified atom stereocenters. The van der Waals surface area contributed by atoms with Crippen molar-refractivity contribution < 1.29 is 9.59 Å². The minimum atomic E-state index is -0.159. The first-order valence-corrected chi connectivity index (χ1v) is 12.3. The number of carbonyl (C=O) groups is 2. The second-order valence-electron chi connectivity index (χ2n) is 8.13. The van der Waals surface area contributed by atoms with Gasteiger partial charge in [-0.2, -0.15) is 0 Å². The number of fused-ring (bicyclic) bond motifs is 1. The van der Waals surface area contributed by atoms with Gasteiger partial charge in [0.1, 0.15) is 15.7 Å². The molecule has 2 atom stereocenters. The minimum absolute atomic E-state index is 0.139. The van der Waals surface area contributed by atoms with Crippen LogP contribution in [-0.2, 0) is 22.4 Å². The van der Waals surface area contributed by atoms with Crippen molar-refractivity contribution in [3.05, 3.63) is 46.3 Å². The standard InChI is InChI=1S/C21H22N8O2S2/c1-12(30)22-20-28-26-19(33-20)14-6-5-13(8-14)9-18-25-27-21(32-18)24-17(31)10-15-11-29-7-3-2-4-16(29)23-15/h2-4,7,11,13-14H,5-6,8-10H2,1H3,(H,22,28,30)(H,24,27,31)/t13-,14+/m0/s1. The Morgan fingerprint density at radius 3 is 2.79 bits per heavy atom. The number of hydrogen-bond donors (Lipinski definition) is 2. The molecule has 0 saturated heterocycles. The molecule has 0 spiro atoms. The largest absolute Gasteiger partial charge is 0.307 e. The lowest BCUT2D eigenvalue weighted by atomic mass is 10.0. The molecular formula is C21H22N8O2S2. The SMILES string of the molecule is CC(=O)Nc1nnc([C@@H]2CC[C@H](Cc3nnc(NC(=O)Cc4cn5ccccc5n4)s3)C2)s1. The van der Waals surface area contributed by atoms with Crippen LogP contribution in [-0.4, -0.2) is 41.6 Å². The summed E-state index contributed by atoms with van der Waals surface area (Å²) in [7, 11) is 0. The van der Waals surface area contributed by atoms with E-state index in [4.69, 9.17) is 0 Å². The quantitative estimate of drug-likeness (QED) is 0.414. The zero-order valence-corrected chi connectivity index (χ0v) is 19.5. The van der Waals surface area contributed by atoms with E-state index in [0.717, 1.165) is 41.3 Å². The van der Waals surface area contributed by atoms with Gasteiger partial charge in [-0.15, -0.1) is 20.4 Å². The number of anilines is 2. The van der Waals surface area contributed by atoms with Crippen molar-refractivity contribution in [3.63, 3.8) is 0 Å². The molecule has 1 aliphatic carbocycles. The van der Waals surface area contributed by atoms with Crippen LogP contribution in [0, 0.1) is 5.92 Å². The van der Waals surface area contributed by atoms with E-state index in [1.807, 2.05) is 35.0 Å². The number of hydrogen-bond acceptors (Lipinski definition) is 9. The van der Waals surface area contributed by atoms with Crippen molar-refractivity contribution in [1.82, 2.24) is 29.8 Å².